The number of fused-ring (bicyclic) bond motifs is 2. The summed E-state index contributed by atoms with van der Waals surface area (Å²) >= 11 is 1.64. The van der Waals surface area contributed by atoms with Crippen LogP contribution in [0, 0.1) is 0 Å². The molecule has 0 bridgehead atoms. The predicted octanol–water partition coefficient (Wildman–Crippen LogP) is 5.35. The van der Waals surface area contributed by atoms with E-state index < -0.39 is 0 Å². The second-order valence-corrected chi connectivity index (χ2v) is 10.1. The van der Waals surface area contributed by atoms with Crippen molar-refractivity contribution in [2.45, 2.75) is 50.5 Å². The topological polar surface area (TPSA) is 68.6 Å². The van der Waals surface area contributed by atoms with Crippen LogP contribution >= 0.6 is 11.8 Å². The highest BCUT2D eigenvalue weighted by molar-refractivity contribution is 8.14. The minimum atomic E-state index is -0.218. The van der Waals surface area contributed by atoms with Crippen molar-refractivity contribution in [3.8, 4) is 5.75 Å². The van der Waals surface area contributed by atoms with Gasteiger partial charge in [-0.15, -0.1) is 0 Å². The second-order valence-electron chi connectivity index (χ2n) is 8.83. The molecular weight excluding hydrogens is 410 g/mol. The lowest BCUT2D eigenvalue weighted by Gasteiger charge is -2.36. The van der Waals surface area contributed by atoms with E-state index in [2.05, 4.69) is 37.1 Å². The highest BCUT2D eigenvalue weighted by Crippen LogP contribution is 2.47. The third kappa shape index (κ3) is 3.49. The molecule has 3 aromatic rings. The number of aromatic nitrogens is 2. The molecule has 6 nitrogen and oxygen atoms in total. The zero-order valence-corrected chi connectivity index (χ0v) is 19.1. The van der Waals surface area contributed by atoms with Crippen molar-refractivity contribution in [2.75, 3.05) is 13.7 Å². The van der Waals surface area contributed by atoms with Crippen LogP contribution in [0.15, 0.2) is 46.2 Å². The summed E-state index contributed by atoms with van der Waals surface area (Å²) in [7, 11) is 1.69. The highest BCUT2D eigenvalue weighted by Gasteiger charge is 2.36. The lowest BCUT2D eigenvalue weighted by Crippen LogP contribution is -2.35. The van der Waals surface area contributed by atoms with Gasteiger partial charge in [0.05, 0.1) is 34.6 Å². The van der Waals surface area contributed by atoms with Gasteiger partial charge in [0.25, 0.3) is 5.56 Å². The summed E-state index contributed by atoms with van der Waals surface area (Å²) < 4.78 is 13.5. The molecule has 1 aromatic heterocycles. The molecule has 162 valence electrons. The molecule has 3 heterocycles. The highest BCUT2D eigenvalue weighted by atomic mass is 32.2. The van der Waals surface area contributed by atoms with E-state index in [0.29, 0.717) is 6.61 Å². The summed E-state index contributed by atoms with van der Waals surface area (Å²) in [4.78, 5) is 18.0. The smallest absolute Gasteiger partial charge is 0.271 e. The van der Waals surface area contributed by atoms with Gasteiger partial charge in [0.1, 0.15) is 5.75 Å². The third-order valence-corrected chi connectivity index (χ3v) is 7.36. The van der Waals surface area contributed by atoms with E-state index in [1.54, 1.807) is 18.9 Å². The minimum Gasteiger partial charge on any atom is -0.496 e. The number of aliphatic imine (C=N–C) groups is 1. The summed E-state index contributed by atoms with van der Waals surface area (Å²) in [6.45, 7) is 6.90. The fraction of sp³-hybridized carbons (Fsp3) is 0.417. The van der Waals surface area contributed by atoms with Crippen molar-refractivity contribution in [3.63, 3.8) is 0 Å². The van der Waals surface area contributed by atoms with E-state index in [4.69, 9.17) is 14.5 Å². The van der Waals surface area contributed by atoms with E-state index in [1.165, 1.54) is 0 Å². The number of ether oxygens (including phenoxy) is 2. The summed E-state index contributed by atoms with van der Waals surface area (Å²) in [5, 5.41) is 6.09. The lowest BCUT2D eigenvalue weighted by molar-refractivity contribution is -0.0705. The van der Waals surface area contributed by atoms with Crippen LogP contribution in [-0.2, 0) is 4.74 Å². The van der Waals surface area contributed by atoms with Crippen molar-refractivity contribution in [2.24, 2.45) is 4.99 Å². The normalized spacial score (nSPS) is 22.8. The zero-order chi connectivity index (χ0) is 21.8. The van der Waals surface area contributed by atoms with Crippen molar-refractivity contribution >= 4 is 33.4 Å². The maximum absolute atomic E-state index is 13.2. The maximum Gasteiger partial charge on any atom is 0.271 e. The fourth-order valence-electron chi connectivity index (χ4n) is 4.81. The Bertz CT molecular complexity index is 1240. The van der Waals surface area contributed by atoms with E-state index in [1.807, 2.05) is 29.8 Å². The summed E-state index contributed by atoms with van der Waals surface area (Å²) in [5.41, 5.74) is 1.56. The Hall–Kier alpha value is -2.51. The second kappa shape index (κ2) is 7.57. The Morgan fingerprint density at radius 3 is 2.74 bits per heavy atom. The molecule has 0 aliphatic carbocycles. The number of aromatic amines is 1. The predicted molar refractivity (Wildman–Crippen MR) is 126 cm³/mol. The fourth-order valence-corrected chi connectivity index (χ4v) is 5.96. The number of methoxy groups -OCH3 is 1. The SMILES string of the molecule is COc1ccc([C@@H]2SC(C)=Nc3c2c(=O)[nH]n3[C@@H]2CCOC(C)(C)C2)c2ccccc12. The molecule has 2 aromatic carbocycles. The Balaban J connectivity index is 1.66. The maximum atomic E-state index is 13.2. The van der Waals surface area contributed by atoms with Gasteiger partial charge in [-0.25, -0.2) is 4.99 Å². The van der Waals surface area contributed by atoms with Gasteiger partial charge in [-0.3, -0.25) is 14.6 Å². The molecule has 2 aliphatic rings. The first-order chi connectivity index (χ1) is 14.9. The van der Waals surface area contributed by atoms with Crippen molar-refractivity contribution in [1.82, 2.24) is 9.78 Å². The van der Waals surface area contributed by atoms with Crippen molar-refractivity contribution in [3.05, 3.63) is 57.9 Å². The van der Waals surface area contributed by atoms with Crippen LogP contribution in [-0.4, -0.2) is 34.1 Å². The van der Waals surface area contributed by atoms with Gasteiger partial charge in [0.2, 0.25) is 0 Å². The molecule has 1 N–H and O–H groups in total. The van der Waals surface area contributed by atoms with E-state index in [9.17, 15) is 4.79 Å². The minimum absolute atomic E-state index is 0.0621. The van der Waals surface area contributed by atoms with Crippen LogP contribution < -0.4 is 10.3 Å². The number of rotatable bonds is 3. The van der Waals surface area contributed by atoms with Crippen LogP contribution in [0.1, 0.15) is 56.0 Å². The quantitative estimate of drug-likeness (QED) is 0.599. The largest absolute Gasteiger partial charge is 0.496 e. The van der Waals surface area contributed by atoms with Crippen molar-refractivity contribution in [1.29, 1.82) is 0 Å². The Morgan fingerprint density at radius 1 is 1.23 bits per heavy atom. The third-order valence-electron chi connectivity index (χ3n) is 6.21. The van der Waals surface area contributed by atoms with Crippen LogP contribution in [0.4, 0.5) is 5.82 Å². The van der Waals surface area contributed by atoms with Gasteiger partial charge < -0.3 is 9.47 Å². The van der Waals surface area contributed by atoms with Crippen LogP contribution in [0.25, 0.3) is 10.8 Å². The summed E-state index contributed by atoms with van der Waals surface area (Å²) in [5.74, 6) is 1.59. The molecule has 0 amide bonds. The number of hydrogen-bond acceptors (Lipinski definition) is 5. The van der Waals surface area contributed by atoms with Gasteiger partial charge in [-0.05, 0) is 50.6 Å². The molecule has 0 spiro atoms. The first kappa shape index (κ1) is 20.4. The number of benzene rings is 2. The Morgan fingerprint density at radius 2 is 2.00 bits per heavy atom. The summed E-state index contributed by atoms with van der Waals surface area (Å²) in [6.07, 6.45) is 1.69. The number of hydrogen-bond donors (Lipinski definition) is 1. The molecule has 0 saturated carbocycles. The van der Waals surface area contributed by atoms with E-state index >= 15 is 0 Å². The van der Waals surface area contributed by atoms with Crippen LogP contribution in [0.5, 0.6) is 5.75 Å². The van der Waals surface area contributed by atoms with Gasteiger partial charge >= 0.3 is 0 Å². The molecule has 2 aliphatic heterocycles. The molecule has 7 heteroatoms. The number of nitrogens with one attached hydrogen (secondary N) is 1. The zero-order valence-electron chi connectivity index (χ0n) is 18.3. The lowest BCUT2D eigenvalue weighted by atomic mass is 9.94. The standard InChI is InChI=1S/C24H27N3O3S/c1-14-25-22-20(23(28)26-27(22)15-11-12-30-24(2,3)13-15)21(31-14)18-9-10-19(29-4)17-8-6-5-7-16(17)18/h5-10,15,21H,11-13H2,1-4H3,(H,26,28)/t15-,21+/m1/s1. The monoisotopic (exact) mass is 437 g/mol. The average molecular weight is 438 g/mol. The Labute approximate surface area is 185 Å². The molecule has 31 heavy (non-hydrogen) atoms. The average Bonchev–Trinajstić information content (AvgIpc) is 3.08. The summed E-state index contributed by atoms with van der Waals surface area (Å²) in [6, 6.07) is 12.4. The van der Waals surface area contributed by atoms with Crippen molar-refractivity contribution < 1.29 is 9.47 Å². The number of thioether (sulfide) groups is 1. The Kier molecular flexibility index (Phi) is 4.98. The first-order valence-corrected chi connectivity index (χ1v) is 11.5. The van der Waals surface area contributed by atoms with Crippen LogP contribution in [0.3, 0.4) is 0 Å². The van der Waals surface area contributed by atoms with Gasteiger partial charge in [0.15, 0.2) is 5.82 Å². The molecule has 0 radical (unpaired) electrons. The van der Waals surface area contributed by atoms with Crippen LogP contribution in [0.2, 0.25) is 0 Å². The molecule has 5 rings (SSSR count). The van der Waals surface area contributed by atoms with Gasteiger partial charge in [-0.1, -0.05) is 42.1 Å². The number of H-pyrrole nitrogens is 1. The number of nitrogens with zero attached hydrogens (tertiary/aromatic N) is 2. The molecule has 0 unspecified atom stereocenters. The van der Waals surface area contributed by atoms with E-state index in [0.717, 1.165) is 51.4 Å². The van der Waals surface area contributed by atoms with Gasteiger partial charge in [0, 0.05) is 12.0 Å². The first-order valence-electron chi connectivity index (χ1n) is 10.6. The van der Waals surface area contributed by atoms with Gasteiger partial charge in [-0.2, -0.15) is 0 Å². The molecular formula is C24H27N3O3S. The molecule has 1 fully saturated rings. The van der Waals surface area contributed by atoms with E-state index in [-0.39, 0.29) is 22.5 Å². The molecule has 2 atom stereocenters. The molecule has 1 saturated heterocycles.